The Kier molecular flexibility index (Phi) is 7.41. The van der Waals surface area contributed by atoms with Gasteiger partial charge in [0.15, 0.2) is 0 Å². The van der Waals surface area contributed by atoms with Gasteiger partial charge in [-0.2, -0.15) is 0 Å². The van der Waals surface area contributed by atoms with E-state index in [1.54, 1.807) is 12.1 Å². The van der Waals surface area contributed by atoms with Gasteiger partial charge in [-0.15, -0.1) is 12.4 Å². The predicted molar refractivity (Wildman–Crippen MR) is 74.7 cm³/mol. The maximum Gasteiger partial charge on any atom is 0.0454 e. The highest BCUT2D eigenvalue weighted by Gasteiger charge is 2.11. The highest BCUT2D eigenvalue weighted by atomic mass is 35.5. The van der Waals surface area contributed by atoms with Gasteiger partial charge in [0.1, 0.15) is 0 Å². The quantitative estimate of drug-likeness (QED) is 0.839. The van der Waals surface area contributed by atoms with Gasteiger partial charge in [0.05, 0.1) is 0 Å². The van der Waals surface area contributed by atoms with Crippen LogP contribution < -0.4 is 5.73 Å². The van der Waals surface area contributed by atoms with E-state index in [1.165, 1.54) is 0 Å². The first-order valence-corrected chi connectivity index (χ1v) is 5.97. The van der Waals surface area contributed by atoms with Gasteiger partial charge in [-0.1, -0.05) is 37.0 Å². The molecule has 0 amide bonds. The molecule has 1 atom stereocenters. The number of halogens is 3. The van der Waals surface area contributed by atoms with Crippen molar-refractivity contribution in [3.05, 3.63) is 33.8 Å². The maximum atomic E-state index is 6.07. The molecule has 1 nitrogen and oxygen atoms in total. The zero-order chi connectivity index (χ0) is 11.4. The lowest BCUT2D eigenvalue weighted by Crippen LogP contribution is -2.11. The van der Waals surface area contributed by atoms with Gasteiger partial charge < -0.3 is 5.73 Å². The number of nitrogens with two attached hydrogens (primary N) is 1. The van der Waals surface area contributed by atoms with Crippen LogP contribution in [0.2, 0.25) is 10.0 Å². The van der Waals surface area contributed by atoms with Crippen LogP contribution in [0.5, 0.6) is 0 Å². The molecule has 0 saturated carbocycles. The van der Waals surface area contributed by atoms with Crippen molar-refractivity contribution in [1.82, 2.24) is 0 Å². The second-order valence-corrected chi connectivity index (χ2v) is 5.09. The average Bonchev–Trinajstić information content (AvgIpc) is 2.18. The fourth-order valence-electron chi connectivity index (χ4n) is 1.47. The molecule has 0 aliphatic rings. The lowest BCUT2D eigenvalue weighted by molar-refractivity contribution is 0.507. The summed E-state index contributed by atoms with van der Waals surface area (Å²) in [4.78, 5) is 0. The van der Waals surface area contributed by atoms with Crippen molar-refractivity contribution in [2.45, 2.75) is 32.7 Å². The minimum Gasteiger partial charge on any atom is -0.324 e. The van der Waals surface area contributed by atoms with Gasteiger partial charge in [-0.3, -0.25) is 0 Å². The van der Waals surface area contributed by atoms with E-state index in [-0.39, 0.29) is 18.4 Å². The molecule has 1 rings (SSSR count). The minimum absolute atomic E-state index is 0. The molecule has 0 aliphatic carbocycles. The summed E-state index contributed by atoms with van der Waals surface area (Å²) in [6.07, 6.45) is 2.04. The Balaban J connectivity index is 0.00000225. The van der Waals surface area contributed by atoms with E-state index < -0.39 is 0 Å². The molecule has 4 heteroatoms. The SMILES string of the molecule is CC(C)CC[C@H](N)c1cc(Cl)ccc1Cl.Cl. The molecule has 0 aromatic heterocycles. The smallest absolute Gasteiger partial charge is 0.0454 e. The van der Waals surface area contributed by atoms with Gasteiger partial charge in [-0.05, 0) is 42.5 Å². The van der Waals surface area contributed by atoms with Gasteiger partial charge in [-0.25, -0.2) is 0 Å². The third-order valence-electron chi connectivity index (χ3n) is 2.41. The summed E-state index contributed by atoms with van der Waals surface area (Å²) in [7, 11) is 0. The zero-order valence-electron chi connectivity index (χ0n) is 9.54. The van der Waals surface area contributed by atoms with Crippen molar-refractivity contribution >= 4 is 35.6 Å². The van der Waals surface area contributed by atoms with Crippen LogP contribution >= 0.6 is 35.6 Å². The molecule has 0 bridgehead atoms. The summed E-state index contributed by atoms with van der Waals surface area (Å²) in [6, 6.07) is 5.42. The third kappa shape index (κ3) is 4.92. The Morgan fingerprint density at radius 3 is 2.38 bits per heavy atom. The van der Waals surface area contributed by atoms with Crippen LogP contribution in [0, 0.1) is 5.92 Å². The Hall–Kier alpha value is 0.0500. The molecule has 1 aromatic carbocycles. The summed E-state index contributed by atoms with van der Waals surface area (Å²) in [5.41, 5.74) is 7.02. The Morgan fingerprint density at radius 2 is 1.81 bits per heavy atom. The molecule has 0 spiro atoms. The Morgan fingerprint density at radius 1 is 1.19 bits per heavy atom. The van der Waals surface area contributed by atoms with Crippen LogP contribution in [0.4, 0.5) is 0 Å². The summed E-state index contributed by atoms with van der Waals surface area (Å²) < 4.78 is 0. The zero-order valence-corrected chi connectivity index (χ0v) is 11.9. The van der Waals surface area contributed by atoms with E-state index in [4.69, 9.17) is 28.9 Å². The average molecular weight is 283 g/mol. The molecule has 0 radical (unpaired) electrons. The highest BCUT2D eigenvalue weighted by Crippen LogP contribution is 2.28. The first kappa shape index (κ1) is 16.1. The van der Waals surface area contributed by atoms with Crippen molar-refractivity contribution in [2.24, 2.45) is 11.7 Å². The van der Waals surface area contributed by atoms with Crippen molar-refractivity contribution in [3.63, 3.8) is 0 Å². The standard InChI is InChI=1S/C12H17Cl2N.ClH/c1-8(2)3-6-12(15)10-7-9(13)4-5-11(10)14;/h4-5,7-8,12H,3,6,15H2,1-2H3;1H/t12-;/m0./s1. The normalized spacial score (nSPS) is 12.4. The highest BCUT2D eigenvalue weighted by molar-refractivity contribution is 6.33. The molecule has 0 unspecified atom stereocenters. The second kappa shape index (κ2) is 7.39. The molecule has 92 valence electrons. The van der Waals surface area contributed by atoms with E-state index in [9.17, 15) is 0 Å². The predicted octanol–water partition coefficient (Wildman–Crippen LogP) is 4.85. The maximum absolute atomic E-state index is 6.07. The van der Waals surface area contributed by atoms with Crippen molar-refractivity contribution in [1.29, 1.82) is 0 Å². The molecule has 0 heterocycles. The summed E-state index contributed by atoms with van der Waals surface area (Å²) in [6.45, 7) is 4.37. The molecule has 0 saturated heterocycles. The molecule has 2 N–H and O–H groups in total. The molecular formula is C12H18Cl3N. The van der Waals surface area contributed by atoms with Crippen molar-refractivity contribution in [3.8, 4) is 0 Å². The van der Waals surface area contributed by atoms with Gasteiger partial charge in [0, 0.05) is 16.1 Å². The number of hydrogen-bond acceptors (Lipinski definition) is 1. The Bertz CT molecular complexity index is 326. The lowest BCUT2D eigenvalue weighted by atomic mass is 9.98. The van der Waals surface area contributed by atoms with Crippen LogP contribution in [0.15, 0.2) is 18.2 Å². The molecular weight excluding hydrogens is 264 g/mol. The van der Waals surface area contributed by atoms with E-state index in [0.717, 1.165) is 18.4 Å². The van der Waals surface area contributed by atoms with Crippen molar-refractivity contribution < 1.29 is 0 Å². The van der Waals surface area contributed by atoms with Gasteiger partial charge >= 0.3 is 0 Å². The molecule has 16 heavy (non-hydrogen) atoms. The topological polar surface area (TPSA) is 26.0 Å². The Labute approximate surface area is 114 Å². The molecule has 0 fully saturated rings. The lowest BCUT2D eigenvalue weighted by Gasteiger charge is -2.15. The molecule has 1 aromatic rings. The van der Waals surface area contributed by atoms with E-state index in [0.29, 0.717) is 16.0 Å². The first-order chi connectivity index (χ1) is 7.00. The van der Waals surface area contributed by atoms with E-state index in [1.807, 2.05) is 6.07 Å². The van der Waals surface area contributed by atoms with Crippen molar-refractivity contribution in [2.75, 3.05) is 0 Å². The minimum atomic E-state index is -0.0152. The largest absolute Gasteiger partial charge is 0.324 e. The van der Waals surface area contributed by atoms with Crippen LogP contribution in [0.1, 0.15) is 38.3 Å². The van der Waals surface area contributed by atoms with E-state index >= 15 is 0 Å². The summed E-state index contributed by atoms with van der Waals surface area (Å²) in [5.74, 6) is 0.661. The van der Waals surface area contributed by atoms with Crippen LogP contribution in [0.3, 0.4) is 0 Å². The fourth-order valence-corrected chi connectivity index (χ4v) is 1.91. The monoisotopic (exact) mass is 281 g/mol. The number of rotatable bonds is 4. The second-order valence-electron chi connectivity index (χ2n) is 4.24. The molecule has 0 aliphatic heterocycles. The van der Waals surface area contributed by atoms with Crippen LogP contribution in [-0.4, -0.2) is 0 Å². The van der Waals surface area contributed by atoms with Gasteiger partial charge in [0.2, 0.25) is 0 Å². The fraction of sp³-hybridized carbons (Fsp3) is 0.500. The summed E-state index contributed by atoms with van der Waals surface area (Å²) in [5, 5.41) is 1.39. The third-order valence-corrected chi connectivity index (χ3v) is 2.99. The van der Waals surface area contributed by atoms with Crippen LogP contribution in [0.25, 0.3) is 0 Å². The first-order valence-electron chi connectivity index (χ1n) is 5.21. The number of benzene rings is 1. The summed E-state index contributed by atoms with van der Waals surface area (Å²) >= 11 is 12.0. The van der Waals surface area contributed by atoms with Crippen LogP contribution in [-0.2, 0) is 0 Å². The van der Waals surface area contributed by atoms with E-state index in [2.05, 4.69) is 13.8 Å². The number of hydrogen-bond donors (Lipinski definition) is 1. The van der Waals surface area contributed by atoms with Gasteiger partial charge in [0.25, 0.3) is 0 Å².